The van der Waals surface area contributed by atoms with Crippen molar-refractivity contribution in [2.45, 2.75) is 30.6 Å². The number of carbonyl (C=O) groups excluding carboxylic acids is 1. The number of nitrogens with zero attached hydrogens (tertiary/aromatic N) is 2. The van der Waals surface area contributed by atoms with Gasteiger partial charge in [-0.25, -0.2) is 4.98 Å². The number of nitrogens with one attached hydrogen (secondary N) is 1. The third-order valence-corrected chi connectivity index (χ3v) is 6.00. The maximum atomic E-state index is 12.9. The SMILES string of the molecule is Cc1ccc(Sc2ccc(NC(=O)c3c(C)oc4ncn(C)c(=O)c34)cc2)cc1C. The van der Waals surface area contributed by atoms with Crippen LogP contribution in [-0.2, 0) is 7.05 Å². The monoisotopic (exact) mass is 419 g/mol. The Morgan fingerprint density at radius 1 is 1.03 bits per heavy atom. The van der Waals surface area contributed by atoms with Gasteiger partial charge in [-0.2, -0.15) is 0 Å². The molecule has 0 fully saturated rings. The number of carbonyl (C=O) groups is 1. The van der Waals surface area contributed by atoms with Crippen LogP contribution < -0.4 is 10.9 Å². The molecule has 4 aromatic rings. The number of anilines is 1. The molecule has 30 heavy (non-hydrogen) atoms. The van der Waals surface area contributed by atoms with Crippen LogP contribution in [0.4, 0.5) is 5.69 Å². The van der Waals surface area contributed by atoms with Crippen LogP contribution in [0, 0.1) is 20.8 Å². The molecule has 152 valence electrons. The zero-order valence-electron chi connectivity index (χ0n) is 17.1. The summed E-state index contributed by atoms with van der Waals surface area (Å²) >= 11 is 1.66. The Bertz CT molecular complexity index is 1320. The van der Waals surface area contributed by atoms with Crippen LogP contribution >= 0.6 is 11.8 Å². The highest BCUT2D eigenvalue weighted by Crippen LogP contribution is 2.30. The average Bonchev–Trinajstić information content (AvgIpc) is 3.06. The predicted octanol–water partition coefficient (Wildman–Crippen LogP) is 4.86. The van der Waals surface area contributed by atoms with Crippen molar-refractivity contribution in [1.82, 2.24) is 9.55 Å². The minimum Gasteiger partial charge on any atom is -0.442 e. The molecule has 2 heterocycles. The summed E-state index contributed by atoms with van der Waals surface area (Å²) in [6.07, 6.45) is 1.38. The first-order valence-corrected chi connectivity index (χ1v) is 10.3. The number of benzene rings is 2. The molecular weight excluding hydrogens is 398 g/mol. The fraction of sp³-hybridized carbons (Fsp3) is 0.174. The molecule has 2 aromatic carbocycles. The second-order valence-corrected chi connectivity index (χ2v) is 8.35. The lowest BCUT2D eigenvalue weighted by molar-refractivity contribution is 0.102. The van der Waals surface area contributed by atoms with Gasteiger partial charge in [0.25, 0.3) is 11.5 Å². The highest BCUT2D eigenvalue weighted by molar-refractivity contribution is 7.99. The van der Waals surface area contributed by atoms with E-state index in [-0.39, 0.29) is 22.2 Å². The smallest absolute Gasteiger partial charge is 0.265 e. The van der Waals surface area contributed by atoms with Crippen molar-refractivity contribution in [2.24, 2.45) is 7.05 Å². The molecule has 7 heteroatoms. The van der Waals surface area contributed by atoms with Crippen molar-refractivity contribution in [3.8, 4) is 0 Å². The van der Waals surface area contributed by atoms with Crippen LogP contribution in [0.15, 0.2) is 67.8 Å². The minimum absolute atomic E-state index is 0.167. The van der Waals surface area contributed by atoms with E-state index in [0.717, 1.165) is 4.90 Å². The molecule has 0 bridgehead atoms. The molecule has 0 unspecified atom stereocenters. The van der Waals surface area contributed by atoms with Gasteiger partial charge in [0.05, 0.1) is 5.56 Å². The Labute approximate surface area is 177 Å². The maximum absolute atomic E-state index is 12.9. The van der Waals surface area contributed by atoms with E-state index < -0.39 is 5.91 Å². The molecule has 0 aliphatic rings. The van der Waals surface area contributed by atoms with Gasteiger partial charge in [-0.15, -0.1) is 0 Å². The Morgan fingerprint density at radius 3 is 2.43 bits per heavy atom. The summed E-state index contributed by atoms with van der Waals surface area (Å²) in [6.45, 7) is 5.85. The molecule has 0 aliphatic heterocycles. The van der Waals surface area contributed by atoms with Crippen molar-refractivity contribution in [3.63, 3.8) is 0 Å². The van der Waals surface area contributed by atoms with Gasteiger partial charge < -0.3 is 14.3 Å². The van der Waals surface area contributed by atoms with Crippen LogP contribution in [0.3, 0.4) is 0 Å². The van der Waals surface area contributed by atoms with Gasteiger partial charge >= 0.3 is 0 Å². The third kappa shape index (κ3) is 3.76. The number of amides is 1. The fourth-order valence-electron chi connectivity index (χ4n) is 3.17. The number of aromatic nitrogens is 2. The van der Waals surface area contributed by atoms with E-state index in [0.29, 0.717) is 11.4 Å². The van der Waals surface area contributed by atoms with Crippen LogP contribution in [0.1, 0.15) is 27.2 Å². The Balaban J connectivity index is 1.55. The molecule has 0 spiro atoms. The quantitative estimate of drug-likeness (QED) is 0.511. The van der Waals surface area contributed by atoms with Crippen LogP contribution in [-0.4, -0.2) is 15.5 Å². The highest BCUT2D eigenvalue weighted by atomic mass is 32.2. The zero-order chi connectivity index (χ0) is 21.4. The molecule has 0 aliphatic carbocycles. The average molecular weight is 420 g/mol. The van der Waals surface area contributed by atoms with Crippen molar-refractivity contribution in [3.05, 3.63) is 81.6 Å². The first kappa shape index (κ1) is 20.0. The number of aryl methyl sites for hydroxylation is 4. The van der Waals surface area contributed by atoms with E-state index in [1.165, 1.54) is 26.9 Å². The Kier molecular flexibility index (Phi) is 5.22. The summed E-state index contributed by atoms with van der Waals surface area (Å²) in [4.78, 5) is 31.7. The summed E-state index contributed by atoms with van der Waals surface area (Å²) in [5.74, 6) is -0.0360. The van der Waals surface area contributed by atoms with Gasteiger partial charge in [0.15, 0.2) is 0 Å². The first-order chi connectivity index (χ1) is 14.3. The number of hydrogen-bond donors (Lipinski definition) is 1. The van der Waals surface area contributed by atoms with E-state index in [1.807, 2.05) is 24.3 Å². The van der Waals surface area contributed by atoms with Gasteiger partial charge in [-0.3, -0.25) is 9.59 Å². The summed E-state index contributed by atoms with van der Waals surface area (Å²) in [7, 11) is 1.59. The standard InChI is InChI=1S/C23H21N3O3S/c1-13-5-8-18(11-14(13)2)30-17-9-6-16(7-10-17)25-21(27)19-15(3)29-22-20(19)23(28)26(4)12-24-22/h5-12H,1-4H3,(H,25,27). The number of hydrogen-bond acceptors (Lipinski definition) is 5. The molecule has 2 aromatic heterocycles. The van der Waals surface area contributed by atoms with Crippen molar-refractivity contribution < 1.29 is 9.21 Å². The lowest BCUT2D eigenvalue weighted by atomic mass is 10.1. The van der Waals surface area contributed by atoms with Crippen molar-refractivity contribution >= 4 is 34.5 Å². The summed E-state index contributed by atoms with van der Waals surface area (Å²) in [6, 6.07) is 14.0. The number of fused-ring (bicyclic) bond motifs is 1. The summed E-state index contributed by atoms with van der Waals surface area (Å²) < 4.78 is 6.83. The van der Waals surface area contributed by atoms with Crippen LogP contribution in [0.25, 0.3) is 11.1 Å². The minimum atomic E-state index is -0.397. The molecule has 1 N–H and O–H groups in total. The van der Waals surface area contributed by atoms with E-state index >= 15 is 0 Å². The van der Waals surface area contributed by atoms with E-state index in [2.05, 4.69) is 42.3 Å². The first-order valence-electron chi connectivity index (χ1n) is 9.44. The number of furan rings is 1. The number of rotatable bonds is 4. The molecule has 0 saturated carbocycles. The third-order valence-electron chi connectivity index (χ3n) is 5.00. The largest absolute Gasteiger partial charge is 0.442 e. The van der Waals surface area contributed by atoms with Gasteiger partial charge in [0, 0.05) is 22.5 Å². The zero-order valence-corrected chi connectivity index (χ0v) is 18.0. The second-order valence-electron chi connectivity index (χ2n) is 7.20. The van der Waals surface area contributed by atoms with E-state index in [1.54, 1.807) is 25.7 Å². The molecule has 0 saturated heterocycles. The normalized spacial score (nSPS) is 11.1. The summed E-state index contributed by atoms with van der Waals surface area (Å²) in [5, 5.41) is 3.04. The molecule has 0 atom stereocenters. The molecule has 1 amide bonds. The van der Waals surface area contributed by atoms with Crippen LogP contribution in [0.2, 0.25) is 0 Å². The summed E-state index contributed by atoms with van der Waals surface area (Å²) in [5.41, 5.74) is 3.23. The lowest BCUT2D eigenvalue weighted by Gasteiger charge is -2.08. The lowest BCUT2D eigenvalue weighted by Crippen LogP contribution is -2.20. The van der Waals surface area contributed by atoms with Crippen molar-refractivity contribution in [2.75, 3.05) is 5.32 Å². The predicted molar refractivity (Wildman–Crippen MR) is 118 cm³/mol. The van der Waals surface area contributed by atoms with Gasteiger partial charge in [-0.05, 0) is 68.3 Å². The van der Waals surface area contributed by atoms with Gasteiger partial charge in [-0.1, -0.05) is 17.8 Å². The molecule has 4 rings (SSSR count). The van der Waals surface area contributed by atoms with Gasteiger partial charge in [0.1, 0.15) is 17.5 Å². The van der Waals surface area contributed by atoms with E-state index in [9.17, 15) is 9.59 Å². The van der Waals surface area contributed by atoms with E-state index in [4.69, 9.17) is 4.42 Å². The fourth-order valence-corrected chi connectivity index (χ4v) is 4.09. The Hall–Kier alpha value is -3.32. The van der Waals surface area contributed by atoms with Crippen molar-refractivity contribution in [1.29, 1.82) is 0 Å². The highest BCUT2D eigenvalue weighted by Gasteiger charge is 2.22. The topological polar surface area (TPSA) is 77.1 Å². The molecular formula is C23H21N3O3S. The van der Waals surface area contributed by atoms with Gasteiger partial charge in [0.2, 0.25) is 5.71 Å². The molecule has 0 radical (unpaired) electrons. The Morgan fingerprint density at radius 2 is 1.73 bits per heavy atom. The molecule has 6 nitrogen and oxygen atoms in total. The maximum Gasteiger partial charge on any atom is 0.265 e. The second kappa shape index (κ2) is 7.84. The van der Waals surface area contributed by atoms with Crippen LogP contribution in [0.5, 0.6) is 0 Å².